The van der Waals surface area contributed by atoms with Gasteiger partial charge in [-0.25, -0.2) is 9.97 Å². The van der Waals surface area contributed by atoms with Crippen molar-refractivity contribution in [3.63, 3.8) is 0 Å². The van der Waals surface area contributed by atoms with Crippen molar-refractivity contribution in [2.75, 3.05) is 0 Å². The predicted molar refractivity (Wildman–Crippen MR) is 248 cm³/mol. The predicted octanol–water partition coefficient (Wildman–Crippen LogP) is 13.0. The van der Waals surface area contributed by atoms with Gasteiger partial charge in [0.05, 0.1) is 22.8 Å². The van der Waals surface area contributed by atoms with Crippen LogP contribution in [0.2, 0.25) is 0 Å². The molecule has 4 aromatic carbocycles. The van der Waals surface area contributed by atoms with Crippen LogP contribution in [0.15, 0.2) is 97.1 Å². The Labute approximate surface area is 368 Å². The average molecular weight is 914 g/mol. The molecule has 0 aliphatic carbocycles. The minimum Gasteiger partial charge on any atom is -0.657 e. The minimum atomic E-state index is 0. The normalized spacial score (nSPS) is 11.9. The first-order valence-corrected chi connectivity index (χ1v) is 20.2. The number of terminal acetylenes is 1. The number of benzene rings is 4. The fourth-order valence-corrected chi connectivity index (χ4v) is 9.28. The largest absolute Gasteiger partial charge is 2.00 e. The monoisotopic (exact) mass is 912 g/mol. The van der Waals surface area contributed by atoms with Crippen LogP contribution in [0.1, 0.15) is 63.1 Å². The van der Waals surface area contributed by atoms with Crippen LogP contribution in [-0.2, 0) is 19.5 Å². The fraction of sp³-hybridized carbons (Fsp3) is 0.115. The van der Waals surface area contributed by atoms with E-state index in [2.05, 4.69) is 180 Å². The van der Waals surface area contributed by atoms with Gasteiger partial charge in [0.2, 0.25) is 0 Å². The third-order valence-electron chi connectivity index (χ3n) is 10.9. The molecule has 276 valence electrons. The van der Waals surface area contributed by atoms with Crippen molar-refractivity contribution in [3.05, 3.63) is 162 Å². The third-order valence-corrected chi connectivity index (χ3v) is 11.5. The van der Waals surface area contributed by atoms with Crippen molar-refractivity contribution >= 4 is 69.0 Å². The fourth-order valence-electron chi connectivity index (χ4n) is 8.74. The van der Waals surface area contributed by atoms with E-state index in [1.807, 2.05) is 18.2 Å². The standard InChI is InChI=1S/C52H39IN4.Zn/c1-8-35-11-9-12-36(27-35)49-39-15-19-43(54-39)51(47-31(4)23-29(2)24-32(47)5)45-21-17-41(56-45)50(37-13-10-14-38(53)28-37)42-18-22-46(57-42)52(44-20-16-40(49)55-44)48-33(6)25-30(3)26-34(48)7;/h1,9-28H,2-7H3;/q-2;+2/i1T;. The molecule has 58 heavy (non-hydrogen) atoms. The van der Waals surface area contributed by atoms with Crippen LogP contribution in [0.25, 0.3) is 90.9 Å². The van der Waals surface area contributed by atoms with Crippen LogP contribution in [0.4, 0.5) is 0 Å². The SMILES string of the molecule is [3H]C#Cc1cccc(-c2c3nc(c(-c4c(C)cc(C)cc4C)c4ccc([n-]4)c(-c4cccc(I)c4)c4nc(c(-c5c(C)cc(C)cc5C)c5ccc2[n-]5)C=C4)C=C3)c1.[Zn+2]. The van der Waals surface area contributed by atoms with Gasteiger partial charge in [-0.3, -0.25) is 0 Å². The molecule has 0 atom stereocenters. The van der Waals surface area contributed by atoms with Crippen molar-refractivity contribution in [3.8, 4) is 56.8 Å². The van der Waals surface area contributed by atoms with E-state index in [0.717, 1.165) is 121 Å². The summed E-state index contributed by atoms with van der Waals surface area (Å²) in [4.78, 5) is 21.9. The first-order chi connectivity index (χ1) is 28.1. The van der Waals surface area contributed by atoms with Gasteiger partial charge in [-0.1, -0.05) is 89.8 Å². The van der Waals surface area contributed by atoms with Crippen LogP contribution < -0.4 is 9.97 Å². The van der Waals surface area contributed by atoms with Gasteiger partial charge in [0.1, 0.15) is 1.37 Å². The molecule has 2 aliphatic heterocycles. The zero-order valence-corrected chi connectivity index (χ0v) is 38.5. The Morgan fingerprint density at radius 2 is 0.897 bits per heavy atom. The molecule has 0 saturated heterocycles. The number of fused-ring (bicyclic) bond motifs is 8. The van der Waals surface area contributed by atoms with E-state index in [4.69, 9.17) is 21.3 Å². The number of hydrogen-bond acceptors (Lipinski definition) is 2. The van der Waals surface area contributed by atoms with Gasteiger partial charge in [-0.15, -0.1) is 28.5 Å². The summed E-state index contributed by atoms with van der Waals surface area (Å²) in [6, 6.07) is 33.9. The number of halogens is 1. The van der Waals surface area contributed by atoms with E-state index in [1.165, 1.54) is 11.1 Å². The summed E-state index contributed by atoms with van der Waals surface area (Å²) >= 11 is 2.38. The maximum atomic E-state index is 7.62. The minimum absolute atomic E-state index is 0. The van der Waals surface area contributed by atoms with E-state index in [-0.39, 0.29) is 19.5 Å². The van der Waals surface area contributed by atoms with Gasteiger partial charge in [0.15, 0.2) is 0 Å². The maximum Gasteiger partial charge on any atom is 2.00 e. The summed E-state index contributed by atoms with van der Waals surface area (Å²) in [6.07, 6.45) is 10.8. The quantitative estimate of drug-likeness (QED) is 0.100. The first kappa shape index (κ1) is 37.9. The molecule has 7 aromatic rings. The van der Waals surface area contributed by atoms with E-state index in [1.54, 1.807) is 0 Å². The van der Waals surface area contributed by atoms with E-state index in [9.17, 15) is 0 Å². The zero-order chi connectivity index (χ0) is 40.2. The van der Waals surface area contributed by atoms with Crippen LogP contribution in [0, 0.1) is 57.4 Å². The summed E-state index contributed by atoms with van der Waals surface area (Å²) in [5, 5.41) is 0. The van der Waals surface area contributed by atoms with Crippen LogP contribution >= 0.6 is 22.6 Å². The summed E-state index contributed by atoms with van der Waals surface area (Å²) in [7, 11) is 0. The Bertz CT molecular complexity index is 3070. The summed E-state index contributed by atoms with van der Waals surface area (Å²) < 4.78 is 8.76. The Morgan fingerprint density at radius 3 is 1.33 bits per heavy atom. The van der Waals surface area contributed by atoms with Crippen LogP contribution in [0.5, 0.6) is 0 Å². The number of aromatic nitrogens is 4. The molecular weight excluding hydrogens is 873 g/mol. The molecule has 4 nitrogen and oxygen atoms in total. The molecule has 2 aliphatic rings. The van der Waals surface area contributed by atoms with Crippen molar-refractivity contribution < 1.29 is 20.8 Å². The second-order valence-electron chi connectivity index (χ2n) is 15.1. The molecule has 5 heterocycles. The number of rotatable bonds is 4. The average Bonchev–Trinajstić information content (AvgIpc) is 4.01. The summed E-state index contributed by atoms with van der Waals surface area (Å²) in [5.41, 5.74) is 22.5. The van der Waals surface area contributed by atoms with Gasteiger partial charge in [-0.2, -0.15) is 0 Å². The van der Waals surface area contributed by atoms with Crippen LogP contribution in [0.3, 0.4) is 0 Å². The Hall–Kier alpha value is -5.61. The van der Waals surface area contributed by atoms with E-state index >= 15 is 0 Å². The molecule has 6 heteroatoms. The Balaban J connectivity index is 0.00000484. The molecule has 0 amide bonds. The van der Waals surface area contributed by atoms with Crippen LogP contribution in [-0.4, -0.2) is 9.97 Å². The number of hydrogen-bond donors (Lipinski definition) is 0. The molecule has 8 bridgehead atoms. The van der Waals surface area contributed by atoms with Crippen molar-refractivity contribution in [1.29, 1.82) is 0 Å². The van der Waals surface area contributed by atoms with Crippen molar-refractivity contribution in [2.24, 2.45) is 0 Å². The van der Waals surface area contributed by atoms with Gasteiger partial charge in [-0.05, 0) is 179 Å². The molecule has 0 radical (unpaired) electrons. The smallest absolute Gasteiger partial charge is 0.657 e. The molecule has 0 N–H and O–H groups in total. The van der Waals surface area contributed by atoms with Gasteiger partial charge in [0, 0.05) is 9.13 Å². The molecule has 0 spiro atoms. The molecule has 3 aromatic heterocycles. The van der Waals surface area contributed by atoms with E-state index in [0.29, 0.717) is 0 Å². The first-order valence-electron chi connectivity index (χ1n) is 19.6. The van der Waals surface area contributed by atoms with Gasteiger partial charge < -0.3 is 9.97 Å². The molecule has 0 unspecified atom stereocenters. The molecule has 0 fully saturated rings. The number of nitrogens with zero attached hydrogens (tertiary/aromatic N) is 4. The number of aryl methyl sites for hydroxylation is 6. The van der Waals surface area contributed by atoms with Crippen molar-refractivity contribution in [2.45, 2.75) is 41.5 Å². The second-order valence-corrected chi connectivity index (χ2v) is 16.4. The maximum absolute atomic E-state index is 7.62. The topological polar surface area (TPSA) is 54.0 Å². The zero-order valence-electron chi connectivity index (χ0n) is 34.4. The Kier molecular flexibility index (Phi) is 10.2. The third kappa shape index (κ3) is 7.01. The molecular formula is C52H39IN4Zn. The Morgan fingerprint density at radius 1 is 0.500 bits per heavy atom. The van der Waals surface area contributed by atoms with Crippen molar-refractivity contribution in [1.82, 2.24) is 19.9 Å². The second kappa shape index (κ2) is 15.6. The van der Waals surface area contributed by atoms with Gasteiger partial charge >= 0.3 is 19.5 Å². The molecule has 9 rings (SSSR count). The van der Waals surface area contributed by atoms with E-state index < -0.39 is 0 Å². The van der Waals surface area contributed by atoms with Gasteiger partial charge in [0.25, 0.3) is 0 Å². The summed E-state index contributed by atoms with van der Waals surface area (Å²) in [6.45, 7) is 13.0. The summed E-state index contributed by atoms with van der Waals surface area (Å²) in [5.74, 6) is 2.93. The molecule has 0 saturated carbocycles.